The molecule has 1 N–H and O–H groups in total. The van der Waals surface area contributed by atoms with E-state index in [1.165, 1.54) is 17.0 Å². The molecule has 4 nitrogen and oxygen atoms in total. The molecular weight excluding hydrogens is 295 g/mol. The van der Waals surface area contributed by atoms with Crippen LogP contribution in [0.5, 0.6) is 0 Å². The predicted octanol–water partition coefficient (Wildman–Crippen LogP) is 2.72. The average Bonchev–Trinajstić information content (AvgIpc) is 3.04. The first-order valence-electron chi connectivity index (χ1n) is 7.57. The highest BCUT2D eigenvalue weighted by atomic mass is 19.1. The molecule has 1 spiro atoms. The first-order valence-corrected chi connectivity index (χ1v) is 7.57. The third kappa shape index (κ3) is 2.04. The number of halogens is 1. The predicted molar refractivity (Wildman–Crippen MR) is 81.9 cm³/mol. The zero-order chi connectivity index (χ0) is 16.0. The molecule has 0 radical (unpaired) electrons. The second-order valence-electron chi connectivity index (χ2n) is 6.01. The Balaban J connectivity index is 1.66. The van der Waals surface area contributed by atoms with Crippen LogP contribution in [0.1, 0.15) is 23.1 Å². The smallest absolute Gasteiger partial charge is 0.319 e. The molecule has 2 aromatic rings. The topological polar surface area (TPSA) is 49.4 Å². The van der Waals surface area contributed by atoms with Crippen LogP contribution >= 0.6 is 0 Å². The lowest BCUT2D eigenvalue weighted by Gasteiger charge is -2.22. The van der Waals surface area contributed by atoms with Gasteiger partial charge < -0.3 is 5.32 Å². The summed E-state index contributed by atoms with van der Waals surface area (Å²) in [5, 5.41) is 2.88. The standard InChI is InChI=1S/C18H15FN2O2/c19-14-7-5-12(6-8-14)11-21-16(22)18(20-17(21)23)10-9-13-3-1-2-4-15(13)18/h1-8H,9-11H2,(H,20,23)/t18-/m1/s1. The molecule has 0 aromatic heterocycles. The molecule has 4 rings (SSSR count). The van der Waals surface area contributed by atoms with E-state index in [4.69, 9.17) is 0 Å². The van der Waals surface area contributed by atoms with Gasteiger partial charge in [-0.15, -0.1) is 0 Å². The number of urea groups is 1. The first-order chi connectivity index (χ1) is 11.1. The fourth-order valence-corrected chi connectivity index (χ4v) is 3.51. The minimum absolute atomic E-state index is 0.148. The molecule has 3 amide bonds. The zero-order valence-electron chi connectivity index (χ0n) is 12.4. The highest BCUT2D eigenvalue weighted by Crippen LogP contribution is 2.41. The zero-order valence-corrected chi connectivity index (χ0v) is 12.4. The van der Waals surface area contributed by atoms with E-state index in [9.17, 15) is 14.0 Å². The number of nitrogens with one attached hydrogen (secondary N) is 1. The van der Waals surface area contributed by atoms with E-state index in [-0.39, 0.29) is 18.3 Å². The number of aryl methyl sites for hydroxylation is 1. The molecule has 116 valence electrons. The van der Waals surface area contributed by atoms with Gasteiger partial charge in [-0.05, 0) is 41.7 Å². The van der Waals surface area contributed by atoms with Gasteiger partial charge in [0, 0.05) is 0 Å². The molecule has 1 saturated heterocycles. The Morgan fingerprint density at radius 3 is 2.61 bits per heavy atom. The summed E-state index contributed by atoms with van der Waals surface area (Å²) in [6.45, 7) is 0.148. The first kappa shape index (κ1) is 13.9. The second-order valence-corrected chi connectivity index (χ2v) is 6.01. The molecule has 1 fully saturated rings. The third-order valence-electron chi connectivity index (χ3n) is 4.68. The van der Waals surface area contributed by atoms with E-state index in [0.717, 1.165) is 23.1 Å². The fourth-order valence-electron chi connectivity index (χ4n) is 3.51. The summed E-state index contributed by atoms with van der Waals surface area (Å²) in [6, 6.07) is 13.2. The average molecular weight is 310 g/mol. The lowest BCUT2D eigenvalue weighted by molar-refractivity contribution is -0.132. The summed E-state index contributed by atoms with van der Waals surface area (Å²) in [4.78, 5) is 26.5. The Morgan fingerprint density at radius 1 is 1.09 bits per heavy atom. The molecule has 0 bridgehead atoms. The monoisotopic (exact) mass is 310 g/mol. The lowest BCUT2D eigenvalue weighted by Crippen LogP contribution is -2.41. The molecule has 2 aromatic carbocycles. The maximum Gasteiger partial charge on any atom is 0.325 e. The van der Waals surface area contributed by atoms with Gasteiger partial charge in [-0.1, -0.05) is 36.4 Å². The molecule has 1 heterocycles. The van der Waals surface area contributed by atoms with Gasteiger partial charge in [-0.3, -0.25) is 9.69 Å². The van der Waals surface area contributed by atoms with Crippen molar-refractivity contribution in [2.45, 2.75) is 24.9 Å². The van der Waals surface area contributed by atoms with Crippen LogP contribution in [0, 0.1) is 5.82 Å². The highest BCUT2D eigenvalue weighted by Gasteiger charge is 2.55. The van der Waals surface area contributed by atoms with E-state index in [2.05, 4.69) is 5.32 Å². The molecular formula is C18H15FN2O2. The van der Waals surface area contributed by atoms with E-state index >= 15 is 0 Å². The van der Waals surface area contributed by atoms with Crippen LogP contribution in [0.25, 0.3) is 0 Å². The van der Waals surface area contributed by atoms with Crippen LogP contribution in [-0.2, 0) is 23.3 Å². The number of carbonyl (C=O) groups is 2. The molecule has 1 aliphatic carbocycles. The van der Waals surface area contributed by atoms with Crippen LogP contribution in [0.15, 0.2) is 48.5 Å². The van der Waals surface area contributed by atoms with Crippen LogP contribution in [0.3, 0.4) is 0 Å². The number of imide groups is 1. The van der Waals surface area contributed by atoms with Gasteiger partial charge in [0.05, 0.1) is 6.54 Å². The van der Waals surface area contributed by atoms with Crippen molar-refractivity contribution >= 4 is 11.9 Å². The number of hydrogen-bond acceptors (Lipinski definition) is 2. The highest BCUT2D eigenvalue weighted by molar-refractivity contribution is 6.08. The van der Waals surface area contributed by atoms with Gasteiger partial charge in [0.2, 0.25) is 0 Å². The Kier molecular flexibility index (Phi) is 2.98. The second kappa shape index (κ2) is 4.91. The Labute approximate surface area is 132 Å². The van der Waals surface area contributed by atoms with Gasteiger partial charge in [-0.2, -0.15) is 0 Å². The summed E-state index contributed by atoms with van der Waals surface area (Å²) < 4.78 is 13.0. The molecule has 5 heteroatoms. The quantitative estimate of drug-likeness (QED) is 0.867. The molecule has 0 unspecified atom stereocenters. The molecule has 1 atom stereocenters. The summed E-state index contributed by atoms with van der Waals surface area (Å²) in [7, 11) is 0. The maximum absolute atomic E-state index is 13.0. The van der Waals surface area contributed by atoms with Crippen molar-refractivity contribution in [3.63, 3.8) is 0 Å². The van der Waals surface area contributed by atoms with Gasteiger partial charge in [0.1, 0.15) is 11.4 Å². The Morgan fingerprint density at radius 2 is 1.83 bits per heavy atom. The number of carbonyl (C=O) groups excluding carboxylic acids is 2. The Hall–Kier alpha value is -2.69. The summed E-state index contributed by atoms with van der Waals surface area (Å²) in [5.74, 6) is -0.566. The lowest BCUT2D eigenvalue weighted by atomic mass is 9.92. The number of rotatable bonds is 2. The van der Waals surface area contributed by atoms with Crippen molar-refractivity contribution in [2.24, 2.45) is 0 Å². The van der Waals surface area contributed by atoms with Crippen LogP contribution in [0.4, 0.5) is 9.18 Å². The van der Waals surface area contributed by atoms with Crippen LogP contribution in [-0.4, -0.2) is 16.8 Å². The van der Waals surface area contributed by atoms with Crippen molar-refractivity contribution in [3.8, 4) is 0 Å². The largest absolute Gasteiger partial charge is 0.325 e. The van der Waals surface area contributed by atoms with Gasteiger partial charge in [-0.25, -0.2) is 9.18 Å². The van der Waals surface area contributed by atoms with Crippen LogP contribution in [0.2, 0.25) is 0 Å². The van der Waals surface area contributed by atoms with Crippen molar-refractivity contribution in [2.75, 3.05) is 0 Å². The van der Waals surface area contributed by atoms with Crippen molar-refractivity contribution in [3.05, 3.63) is 71.0 Å². The van der Waals surface area contributed by atoms with Crippen molar-refractivity contribution in [1.29, 1.82) is 0 Å². The van der Waals surface area contributed by atoms with Crippen molar-refractivity contribution in [1.82, 2.24) is 10.2 Å². The molecule has 1 aliphatic heterocycles. The van der Waals surface area contributed by atoms with Gasteiger partial charge in [0.25, 0.3) is 5.91 Å². The number of amides is 3. The normalized spacial score (nSPS) is 22.6. The minimum Gasteiger partial charge on any atom is -0.319 e. The van der Waals surface area contributed by atoms with Gasteiger partial charge in [0.15, 0.2) is 0 Å². The Bertz CT molecular complexity index is 803. The van der Waals surface area contributed by atoms with Gasteiger partial charge >= 0.3 is 6.03 Å². The SMILES string of the molecule is O=C1N[C@@]2(CCc3ccccc32)C(=O)N1Cc1ccc(F)cc1. The third-order valence-corrected chi connectivity index (χ3v) is 4.68. The van der Waals surface area contributed by atoms with E-state index in [1.807, 2.05) is 24.3 Å². The number of fused-ring (bicyclic) bond motifs is 2. The van der Waals surface area contributed by atoms with E-state index in [0.29, 0.717) is 6.42 Å². The maximum atomic E-state index is 13.0. The summed E-state index contributed by atoms with van der Waals surface area (Å²) in [6.07, 6.45) is 1.35. The fraction of sp³-hybridized carbons (Fsp3) is 0.222. The molecule has 2 aliphatic rings. The minimum atomic E-state index is -0.937. The number of benzene rings is 2. The van der Waals surface area contributed by atoms with Crippen LogP contribution < -0.4 is 5.32 Å². The number of nitrogens with zero attached hydrogens (tertiary/aromatic N) is 1. The van der Waals surface area contributed by atoms with Crippen molar-refractivity contribution < 1.29 is 14.0 Å². The molecule has 23 heavy (non-hydrogen) atoms. The van der Waals surface area contributed by atoms with E-state index in [1.54, 1.807) is 12.1 Å². The summed E-state index contributed by atoms with van der Waals surface area (Å²) in [5.41, 5.74) is 1.77. The summed E-state index contributed by atoms with van der Waals surface area (Å²) >= 11 is 0. The number of hydrogen-bond donors (Lipinski definition) is 1. The van der Waals surface area contributed by atoms with E-state index < -0.39 is 11.6 Å². The molecule has 0 saturated carbocycles.